The highest BCUT2D eigenvalue weighted by atomic mass is 32.3. The van der Waals surface area contributed by atoms with E-state index in [1.807, 2.05) is 0 Å². The van der Waals surface area contributed by atoms with Gasteiger partial charge in [-0.1, -0.05) is 129 Å². The van der Waals surface area contributed by atoms with Crippen molar-refractivity contribution in [1.82, 2.24) is 4.57 Å². The van der Waals surface area contributed by atoms with Crippen molar-refractivity contribution in [3.63, 3.8) is 0 Å². The highest BCUT2D eigenvalue weighted by Crippen LogP contribution is 2.15. The number of aryl methyl sites for hydroxylation is 2. The molecule has 35 heavy (non-hydrogen) atoms. The number of hydrogen-bond donors (Lipinski definition) is 0. The maximum Gasteiger partial charge on any atom is 0.255 e. The largest absolute Gasteiger partial charge is 0.726 e. The van der Waals surface area contributed by atoms with Gasteiger partial charge in [0.15, 0.2) is 0 Å². The van der Waals surface area contributed by atoms with Gasteiger partial charge in [-0.15, -0.1) is 0 Å². The van der Waals surface area contributed by atoms with Crippen LogP contribution < -0.4 is 4.57 Å². The molecule has 1 heterocycles. The second kappa shape index (κ2) is 23.5. The molecule has 0 saturated heterocycles. The molecule has 1 rings (SSSR count). The standard InChI is InChI=1S/C27H53N2.CH4O4S/c1-4-5-6-7-8-9-10-11-12-13-14-15-16-17-18-19-20-21-22-23-24-27-28(2)25-26-29(27)3;1-5-6(2,3)4/h25-26H,4-24H2,1-3H3;1H3,(H,2,3,4)/q+1;/p-1. The van der Waals surface area contributed by atoms with Crippen molar-refractivity contribution >= 4 is 10.4 Å². The molecule has 1 aromatic rings. The van der Waals surface area contributed by atoms with Crippen LogP contribution in [0.3, 0.4) is 0 Å². The zero-order chi connectivity index (χ0) is 26.2. The lowest BCUT2D eigenvalue weighted by Crippen LogP contribution is -2.31. The molecule has 0 bridgehead atoms. The highest BCUT2D eigenvalue weighted by molar-refractivity contribution is 7.80. The third-order valence-electron chi connectivity index (χ3n) is 6.79. The molecular weight excluding hydrogens is 460 g/mol. The van der Waals surface area contributed by atoms with Crippen molar-refractivity contribution < 1.29 is 21.7 Å². The summed E-state index contributed by atoms with van der Waals surface area (Å²) in [6, 6.07) is 0. The lowest BCUT2D eigenvalue weighted by atomic mass is 10.0. The van der Waals surface area contributed by atoms with Gasteiger partial charge in [-0.2, -0.15) is 0 Å². The van der Waals surface area contributed by atoms with E-state index in [-0.39, 0.29) is 0 Å². The van der Waals surface area contributed by atoms with E-state index in [0.29, 0.717) is 0 Å². The summed E-state index contributed by atoms with van der Waals surface area (Å²) < 4.78 is 35.5. The Bertz CT molecular complexity index is 670. The normalized spacial score (nSPS) is 11.5. The molecule has 0 amide bonds. The molecule has 208 valence electrons. The molecule has 0 aliphatic rings. The maximum atomic E-state index is 9.22. The van der Waals surface area contributed by atoms with E-state index in [4.69, 9.17) is 0 Å². The number of aromatic nitrogens is 2. The van der Waals surface area contributed by atoms with Gasteiger partial charge in [0.25, 0.3) is 5.82 Å². The summed E-state index contributed by atoms with van der Waals surface area (Å²) >= 11 is 0. The van der Waals surface area contributed by atoms with Gasteiger partial charge in [0, 0.05) is 6.42 Å². The van der Waals surface area contributed by atoms with Crippen LogP contribution in [0.2, 0.25) is 0 Å². The Balaban J connectivity index is 0.00000170. The molecule has 0 aliphatic heterocycles. The van der Waals surface area contributed by atoms with Crippen LogP contribution in [0, 0.1) is 0 Å². The highest BCUT2D eigenvalue weighted by Gasteiger charge is 2.09. The molecule has 0 radical (unpaired) electrons. The van der Waals surface area contributed by atoms with E-state index < -0.39 is 10.4 Å². The molecule has 0 atom stereocenters. The van der Waals surface area contributed by atoms with E-state index >= 15 is 0 Å². The van der Waals surface area contributed by atoms with Gasteiger partial charge >= 0.3 is 0 Å². The summed E-state index contributed by atoms with van der Waals surface area (Å²) in [5.41, 5.74) is 0. The van der Waals surface area contributed by atoms with Crippen molar-refractivity contribution in [1.29, 1.82) is 0 Å². The van der Waals surface area contributed by atoms with Gasteiger partial charge in [-0.05, 0) is 6.42 Å². The molecule has 6 nitrogen and oxygen atoms in total. The quantitative estimate of drug-likeness (QED) is 0.0701. The second-order valence-electron chi connectivity index (χ2n) is 9.98. The SMILES string of the molecule is CCCCCCCCCCCCCCCCCCCCCCc1n(C)cc[n+]1C.COS(=O)(=O)[O-]. The number of rotatable bonds is 22. The summed E-state index contributed by atoms with van der Waals surface area (Å²) in [6.45, 7) is 2.30. The van der Waals surface area contributed by atoms with Gasteiger partial charge in [0.05, 0.1) is 21.2 Å². The fourth-order valence-corrected chi connectivity index (χ4v) is 4.51. The van der Waals surface area contributed by atoms with Gasteiger partial charge in [0.1, 0.15) is 12.4 Å². The van der Waals surface area contributed by atoms with Crippen LogP contribution in [0.15, 0.2) is 12.4 Å². The first-order valence-corrected chi connectivity index (χ1v) is 15.7. The van der Waals surface area contributed by atoms with Crippen LogP contribution in [0.5, 0.6) is 0 Å². The Kier molecular flexibility index (Phi) is 22.9. The molecule has 0 aromatic carbocycles. The first kappa shape index (κ1) is 34.1. The monoisotopic (exact) mass is 516 g/mol. The molecule has 0 N–H and O–H groups in total. The van der Waals surface area contributed by atoms with E-state index in [9.17, 15) is 13.0 Å². The van der Waals surface area contributed by atoms with Crippen molar-refractivity contribution in [3.8, 4) is 0 Å². The van der Waals surface area contributed by atoms with Gasteiger partial charge in [0.2, 0.25) is 10.4 Å². The van der Waals surface area contributed by atoms with Crippen LogP contribution >= 0.6 is 0 Å². The summed E-state index contributed by atoms with van der Waals surface area (Å²) in [4.78, 5) is 0. The first-order valence-electron chi connectivity index (χ1n) is 14.3. The predicted molar refractivity (Wildman–Crippen MR) is 145 cm³/mol. The number of hydrogen-bond acceptors (Lipinski definition) is 4. The minimum atomic E-state index is -4.41. The van der Waals surface area contributed by atoms with Crippen LogP contribution in [0.4, 0.5) is 0 Å². The van der Waals surface area contributed by atoms with Crippen molar-refractivity contribution in [2.24, 2.45) is 14.1 Å². The van der Waals surface area contributed by atoms with Gasteiger partial charge in [-0.3, -0.25) is 4.18 Å². The molecular formula is C28H56N2O4S. The van der Waals surface area contributed by atoms with Gasteiger partial charge in [-0.25, -0.2) is 17.6 Å². The predicted octanol–water partition coefficient (Wildman–Crippen LogP) is 7.31. The molecule has 0 unspecified atom stereocenters. The van der Waals surface area contributed by atoms with E-state index in [0.717, 1.165) is 7.11 Å². The maximum absolute atomic E-state index is 9.22. The average Bonchev–Trinajstić information content (AvgIpc) is 3.15. The van der Waals surface area contributed by atoms with Gasteiger partial charge < -0.3 is 4.55 Å². The molecule has 7 heteroatoms. The Hall–Kier alpha value is -0.920. The fourth-order valence-electron chi connectivity index (χ4n) is 4.51. The summed E-state index contributed by atoms with van der Waals surface area (Å²) in [5, 5.41) is 0. The van der Waals surface area contributed by atoms with Crippen LogP contribution in [0.1, 0.15) is 141 Å². The number of imidazole rings is 1. The minimum Gasteiger partial charge on any atom is -0.726 e. The number of nitrogens with zero attached hydrogens (tertiary/aromatic N) is 2. The summed E-state index contributed by atoms with van der Waals surface area (Å²) in [7, 11) is 0.713. The van der Waals surface area contributed by atoms with Crippen molar-refractivity contribution in [2.45, 2.75) is 142 Å². The Morgan fingerprint density at radius 2 is 1.06 bits per heavy atom. The van der Waals surface area contributed by atoms with E-state index in [1.165, 1.54) is 141 Å². The lowest BCUT2D eigenvalue weighted by Gasteiger charge is -2.04. The van der Waals surface area contributed by atoms with E-state index in [2.05, 4.69) is 46.7 Å². The third-order valence-corrected chi connectivity index (χ3v) is 7.19. The Morgan fingerprint density at radius 1 is 0.743 bits per heavy atom. The number of unbranched alkanes of at least 4 members (excludes halogenated alkanes) is 19. The lowest BCUT2D eigenvalue weighted by molar-refractivity contribution is -0.678. The molecule has 0 fully saturated rings. The molecule has 0 aliphatic carbocycles. The zero-order valence-electron chi connectivity index (χ0n) is 23.4. The summed E-state index contributed by atoms with van der Waals surface area (Å²) in [5.74, 6) is 1.45. The first-order chi connectivity index (χ1) is 16.8. The second-order valence-corrected chi connectivity index (χ2v) is 11.1. The third kappa shape index (κ3) is 23.2. The zero-order valence-corrected chi connectivity index (χ0v) is 24.3. The Labute approximate surface area is 217 Å². The van der Waals surface area contributed by atoms with Crippen LogP contribution in [-0.2, 0) is 35.1 Å². The molecule has 1 aromatic heterocycles. The Morgan fingerprint density at radius 3 is 1.31 bits per heavy atom. The van der Waals surface area contributed by atoms with Crippen LogP contribution in [-0.4, -0.2) is 24.6 Å². The average molecular weight is 517 g/mol. The smallest absolute Gasteiger partial charge is 0.255 e. The minimum absolute atomic E-state index is 0.808. The summed E-state index contributed by atoms with van der Waals surface area (Å²) in [6.07, 6.45) is 34.6. The molecule has 0 saturated carbocycles. The van der Waals surface area contributed by atoms with Crippen molar-refractivity contribution in [2.75, 3.05) is 7.11 Å². The van der Waals surface area contributed by atoms with E-state index in [1.54, 1.807) is 0 Å². The van der Waals surface area contributed by atoms with Crippen LogP contribution in [0.25, 0.3) is 0 Å². The molecule has 0 spiro atoms. The fraction of sp³-hybridized carbons (Fsp3) is 0.893. The van der Waals surface area contributed by atoms with Crippen molar-refractivity contribution in [3.05, 3.63) is 18.2 Å². The topological polar surface area (TPSA) is 75.2 Å².